The van der Waals surface area contributed by atoms with Crippen molar-refractivity contribution in [3.8, 4) is 0 Å². The van der Waals surface area contributed by atoms with Crippen LogP contribution in [0.4, 0.5) is 14.5 Å². The topological polar surface area (TPSA) is 49.4 Å². The van der Waals surface area contributed by atoms with Crippen LogP contribution in [0.25, 0.3) is 0 Å². The Hall–Kier alpha value is -1.98. The molecule has 1 fully saturated rings. The lowest BCUT2D eigenvalue weighted by Gasteiger charge is -2.30. The molecule has 1 aromatic rings. The van der Waals surface area contributed by atoms with Crippen molar-refractivity contribution in [2.45, 2.75) is 19.8 Å². The van der Waals surface area contributed by atoms with Gasteiger partial charge >= 0.3 is 0 Å². The van der Waals surface area contributed by atoms with Crippen LogP contribution >= 0.6 is 0 Å². The number of likely N-dealkylation sites (tertiary alicyclic amines) is 1. The molecule has 1 N–H and O–H groups in total. The van der Waals surface area contributed by atoms with Gasteiger partial charge in [0.1, 0.15) is 11.6 Å². The predicted molar refractivity (Wildman–Crippen MR) is 70.0 cm³/mol. The monoisotopic (exact) mass is 282 g/mol. The highest BCUT2D eigenvalue weighted by molar-refractivity contribution is 5.92. The summed E-state index contributed by atoms with van der Waals surface area (Å²) in [5.41, 5.74) is -0.0228. The highest BCUT2D eigenvalue weighted by atomic mass is 19.1. The summed E-state index contributed by atoms with van der Waals surface area (Å²) in [5.74, 6) is -2.03. The summed E-state index contributed by atoms with van der Waals surface area (Å²) >= 11 is 0. The van der Waals surface area contributed by atoms with Crippen molar-refractivity contribution >= 4 is 17.5 Å². The lowest BCUT2D eigenvalue weighted by atomic mass is 9.96. The number of rotatable bonds is 2. The fourth-order valence-electron chi connectivity index (χ4n) is 2.28. The molecule has 0 aliphatic carbocycles. The molecule has 1 heterocycles. The maximum Gasteiger partial charge on any atom is 0.227 e. The molecule has 0 atom stereocenters. The minimum absolute atomic E-state index is 0.00608. The number of carbonyl (C=O) groups is 2. The maximum atomic E-state index is 13.4. The first kappa shape index (κ1) is 14.4. The first-order valence-electron chi connectivity index (χ1n) is 6.49. The summed E-state index contributed by atoms with van der Waals surface area (Å²) in [5, 5.41) is 2.47. The van der Waals surface area contributed by atoms with Crippen LogP contribution in [0.3, 0.4) is 0 Å². The predicted octanol–water partition coefficient (Wildman–Crippen LogP) is 2.16. The third kappa shape index (κ3) is 3.31. The van der Waals surface area contributed by atoms with Crippen molar-refractivity contribution in [1.29, 1.82) is 0 Å². The Morgan fingerprint density at radius 3 is 2.45 bits per heavy atom. The molecule has 0 bridgehead atoms. The van der Waals surface area contributed by atoms with E-state index in [2.05, 4.69) is 5.32 Å². The van der Waals surface area contributed by atoms with E-state index in [1.807, 2.05) is 0 Å². The fraction of sp³-hybridized carbons (Fsp3) is 0.429. The number of hydrogen-bond donors (Lipinski definition) is 1. The summed E-state index contributed by atoms with van der Waals surface area (Å²) in [6, 6.07) is 3.03. The Kier molecular flexibility index (Phi) is 4.32. The summed E-state index contributed by atoms with van der Waals surface area (Å²) in [6.45, 7) is 2.55. The van der Waals surface area contributed by atoms with E-state index in [0.717, 1.165) is 12.1 Å². The van der Waals surface area contributed by atoms with Gasteiger partial charge in [-0.25, -0.2) is 8.78 Å². The average molecular weight is 282 g/mol. The molecule has 1 saturated heterocycles. The zero-order chi connectivity index (χ0) is 14.7. The Balaban J connectivity index is 1.94. The van der Waals surface area contributed by atoms with Gasteiger partial charge in [-0.2, -0.15) is 0 Å². The molecule has 1 aliphatic heterocycles. The molecule has 0 unspecified atom stereocenters. The molecule has 0 radical (unpaired) electrons. The average Bonchev–Trinajstić information content (AvgIpc) is 2.42. The van der Waals surface area contributed by atoms with Gasteiger partial charge in [0.2, 0.25) is 11.8 Å². The lowest BCUT2D eigenvalue weighted by Crippen LogP contribution is -2.40. The van der Waals surface area contributed by atoms with Gasteiger partial charge in [-0.15, -0.1) is 0 Å². The normalized spacial score (nSPS) is 16.1. The van der Waals surface area contributed by atoms with Crippen molar-refractivity contribution in [2.24, 2.45) is 5.92 Å². The molecular weight excluding hydrogens is 266 g/mol. The van der Waals surface area contributed by atoms with Crippen molar-refractivity contribution < 1.29 is 18.4 Å². The van der Waals surface area contributed by atoms with E-state index < -0.39 is 11.6 Å². The number of nitrogens with one attached hydrogen (secondary N) is 1. The number of benzene rings is 1. The number of amides is 2. The van der Waals surface area contributed by atoms with Crippen LogP contribution in [-0.4, -0.2) is 29.8 Å². The van der Waals surface area contributed by atoms with Gasteiger partial charge in [0.25, 0.3) is 0 Å². The standard InChI is InChI=1S/C14H16F2N2O2/c1-9(19)18-6-4-10(5-7-18)14(20)17-13-3-2-11(15)8-12(13)16/h2-3,8,10H,4-7H2,1H3,(H,17,20). The van der Waals surface area contributed by atoms with Crippen molar-refractivity contribution in [3.63, 3.8) is 0 Å². The highest BCUT2D eigenvalue weighted by Crippen LogP contribution is 2.21. The molecule has 2 rings (SSSR count). The van der Waals surface area contributed by atoms with Gasteiger partial charge in [-0.3, -0.25) is 9.59 Å². The van der Waals surface area contributed by atoms with Gasteiger partial charge in [-0.05, 0) is 25.0 Å². The number of carbonyl (C=O) groups excluding carboxylic acids is 2. The number of anilines is 1. The van der Waals surface area contributed by atoms with E-state index >= 15 is 0 Å². The molecule has 2 amide bonds. The van der Waals surface area contributed by atoms with Gasteiger partial charge in [0, 0.05) is 32.0 Å². The van der Waals surface area contributed by atoms with E-state index in [9.17, 15) is 18.4 Å². The fourth-order valence-corrected chi connectivity index (χ4v) is 2.28. The molecule has 1 aliphatic rings. The second-order valence-electron chi connectivity index (χ2n) is 4.89. The van der Waals surface area contributed by atoms with E-state index in [1.54, 1.807) is 4.90 Å². The largest absolute Gasteiger partial charge is 0.343 e. The first-order valence-corrected chi connectivity index (χ1v) is 6.49. The Bertz CT molecular complexity index is 526. The van der Waals surface area contributed by atoms with Crippen molar-refractivity contribution in [2.75, 3.05) is 18.4 Å². The summed E-state index contributed by atoms with van der Waals surface area (Å²) < 4.78 is 26.2. The SMILES string of the molecule is CC(=O)N1CCC(C(=O)Nc2ccc(F)cc2F)CC1. The van der Waals surface area contributed by atoms with Gasteiger partial charge in [0.15, 0.2) is 0 Å². The highest BCUT2D eigenvalue weighted by Gasteiger charge is 2.26. The van der Waals surface area contributed by atoms with E-state index in [-0.39, 0.29) is 23.4 Å². The van der Waals surface area contributed by atoms with Crippen molar-refractivity contribution in [1.82, 2.24) is 4.90 Å². The second-order valence-corrected chi connectivity index (χ2v) is 4.89. The Morgan fingerprint density at radius 2 is 1.90 bits per heavy atom. The Morgan fingerprint density at radius 1 is 1.25 bits per heavy atom. The summed E-state index contributed by atoms with van der Waals surface area (Å²) in [4.78, 5) is 24.9. The van der Waals surface area contributed by atoms with E-state index in [1.165, 1.54) is 13.0 Å². The number of nitrogens with zero attached hydrogens (tertiary/aromatic N) is 1. The molecule has 4 nitrogen and oxygen atoms in total. The molecule has 1 aromatic carbocycles. The number of halogens is 2. The van der Waals surface area contributed by atoms with Crippen LogP contribution in [-0.2, 0) is 9.59 Å². The first-order chi connectivity index (χ1) is 9.47. The van der Waals surface area contributed by atoms with E-state index in [0.29, 0.717) is 25.9 Å². The Labute approximate surface area is 115 Å². The summed E-state index contributed by atoms with van der Waals surface area (Å²) in [6.07, 6.45) is 1.10. The smallest absolute Gasteiger partial charge is 0.227 e. The zero-order valence-electron chi connectivity index (χ0n) is 11.2. The van der Waals surface area contributed by atoms with E-state index in [4.69, 9.17) is 0 Å². The third-order valence-corrected chi connectivity index (χ3v) is 3.50. The van der Waals surface area contributed by atoms with Gasteiger partial charge in [0.05, 0.1) is 5.69 Å². The van der Waals surface area contributed by atoms with Crippen LogP contribution in [0.5, 0.6) is 0 Å². The zero-order valence-corrected chi connectivity index (χ0v) is 11.2. The molecule has 6 heteroatoms. The third-order valence-electron chi connectivity index (χ3n) is 3.50. The van der Waals surface area contributed by atoms with Gasteiger partial charge in [-0.1, -0.05) is 0 Å². The van der Waals surface area contributed by atoms with Crippen LogP contribution in [0.1, 0.15) is 19.8 Å². The van der Waals surface area contributed by atoms with Crippen LogP contribution in [0.15, 0.2) is 18.2 Å². The molecule has 20 heavy (non-hydrogen) atoms. The molecule has 0 spiro atoms. The number of piperidine rings is 1. The lowest BCUT2D eigenvalue weighted by molar-refractivity contribution is -0.132. The van der Waals surface area contributed by atoms with Crippen LogP contribution < -0.4 is 5.32 Å². The summed E-state index contributed by atoms with van der Waals surface area (Å²) in [7, 11) is 0. The maximum absolute atomic E-state index is 13.4. The van der Waals surface area contributed by atoms with Crippen LogP contribution in [0.2, 0.25) is 0 Å². The molecule has 0 aromatic heterocycles. The molecule has 108 valence electrons. The van der Waals surface area contributed by atoms with Crippen LogP contribution in [0, 0.1) is 17.6 Å². The number of hydrogen-bond acceptors (Lipinski definition) is 2. The quantitative estimate of drug-likeness (QED) is 0.903. The minimum Gasteiger partial charge on any atom is -0.343 e. The molecular formula is C14H16F2N2O2. The minimum atomic E-state index is -0.792. The second kappa shape index (κ2) is 5.98. The van der Waals surface area contributed by atoms with Gasteiger partial charge < -0.3 is 10.2 Å². The van der Waals surface area contributed by atoms with Crippen molar-refractivity contribution in [3.05, 3.63) is 29.8 Å². The molecule has 0 saturated carbocycles.